The van der Waals surface area contributed by atoms with E-state index >= 15 is 0 Å². The average molecular weight is 335 g/mol. The molecule has 1 N–H and O–H groups in total. The summed E-state index contributed by atoms with van der Waals surface area (Å²) < 4.78 is 7.77. The highest BCUT2D eigenvalue weighted by Gasteiger charge is 2.29. The van der Waals surface area contributed by atoms with Crippen LogP contribution in [0.25, 0.3) is 10.9 Å². The fourth-order valence-corrected chi connectivity index (χ4v) is 3.49. The number of aromatic nitrogens is 1. The van der Waals surface area contributed by atoms with E-state index in [0.29, 0.717) is 19.6 Å². The number of carbonyl (C=O) groups is 1. The molecule has 0 radical (unpaired) electrons. The van der Waals surface area contributed by atoms with Gasteiger partial charge < -0.3 is 14.6 Å². The zero-order valence-electron chi connectivity index (χ0n) is 13.6. The van der Waals surface area contributed by atoms with Gasteiger partial charge in [-0.05, 0) is 44.9 Å². The second kappa shape index (κ2) is 6.54. The topological polar surface area (TPSA) is 43.3 Å². The van der Waals surface area contributed by atoms with E-state index in [9.17, 15) is 4.79 Å². The number of hydrogen-bond donors (Lipinski definition) is 1. The molecule has 1 aromatic carbocycles. The van der Waals surface area contributed by atoms with Crippen LogP contribution >= 0.6 is 11.6 Å². The van der Waals surface area contributed by atoms with Gasteiger partial charge in [0, 0.05) is 47.7 Å². The van der Waals surface area contributed by atoms with Gasteiger partial charge in [-0.25, -0.2) is 0 Å². The molecule has 1 aliphatic heterocycles. The van der Waals surface area contributed by atoms with Gasteiger partial charge in [0.05, 0.1) is 5.60 Å². The van der Waals surface area contributed by atoms with Crippen LogP contribution in [-0.4, -0.2) is 28.7 Å². The van der Waals surface area contributed by atoms with Crippen LogP contribution in [0.5, 0.6) is 0 Å². The van der Waals surface area contributed by atoms with Gasteiger partial charge in [0.2, 0.25) is 5.91 Å². The summed E-state index contributed by atoms with van der Waals surface area (Å²) >= 11 is 6.18. The van der Waals surface area contributed by atoms with Gasteiger partial charge in [0.1, 0.15) is 0 Å². The Bertz CT molecular complexity index is 708. The van der Waals surface area contributed by atoms with Crippen molar-refractivity contribution in [3.05, 3.63) is 35.5 Å². The van der Waals surface area contributed by atoms with Crippen LogP contribution in [0.2, 0.25) is 5.02 Å². The third-order valence-corrected chi connectivity index (χ3v) is 4.73. The van der Waals surface area contributed by atoms with Crippen molar-refractivity contribution in [1.82, 2.24) is 9.88 Å². The SMILES string of the molecule is CC1(C)C[C@H](NC(=O)CCn2ccc3c(Cl)cccc32)CCO1. The number of hydrogen-bond acceptors (Lipinski definition) is 2. The third-order valence-electron chi connectivity index (χ3n) is 4.40. The smallest absolute Gasteiger partial charge is 0.222 e. The van der Waals surface area contributed by atoms with Gasteiger partial charge in [-0.15, -0.1) is 0 Å². The first kappa shape index (κ1) is 16.3. The van der Waals surface area contributed by atoms with Crippen molar-refractivity contribution < 1.29 is 9.53 Å². The lowest BCUT2D eigenvalue weighted by molar-refractivity contribution is -0.124. The first-order valence-electron chi connectivity index (χ1n) is 8.11. The lowest BCUT2D eigenvalue weighted by Gasteiger charge is -2.35. The molecule has 1 atom stereocenters. The van der Waals surface area contributed by atoms with Gasteiger partial charge in [-0.3, -0.25) is 4.79 Å². The van der Waals surface area contributed by atoms with Crippen LogP contribution in [0.4, 0.5) is 0 Å². The number of halogens is 1. The number of carbonyl (C=O) groups excluding carboxylic acids is 1. The maximum atomic E-state index is 12.2. The minimum absolute atomic E-state index is 0.0941. The van der Waals surface area contributed by atoms with E-state index in [1.54, 1.807) is 0 Å². The number of ether oxygens (including phenoxy) is 1. The molecular formula is C18H23ClN2O2. The molecule has 4 nitrogen and oxygen atoms in total. The Morgan fingerprint density at radius 3 is 3.04 bits per heavy atom. The maximum Gasteiger partial charge on any atom is 0.222 e. The molecule has 0 unspecified atom stereocenters. The van der Waals surface area contributed by atoms with Crippen LogP contribution in [-0.2, 0) is 16.1 Å². The van der Waals surface area contributed by atoms with E-state index in [1.165, 1.54) is 0 Å². The van der Waals surface area contributed by atoms with E-state index < -0.39 is 0 Å². The highest BCUT2D eigenvalue weighted by atomic mass is 35.5. The summed E-state index contributed by atoms with van der Waals surface area (Å²) in [5.41, 5.74) is 0.918. The van der Waals surface area contributed by atoms with Crippen LogP contribution in [0, 0.1) is 0 Å². The normalized spacial score (nSPS) is 20.6. The highest BCUT2D eigenvalue weighted by Crippen LogP contribution is 2.25. The molecule has 0 saturated carbocycles. The number of aryl methyl sites for hydroxylation is 1. The molecule has 1 amide bonds. The van der Waals surface area contributed by atoms with Gasteiger partial charge >= 0.3 is 0 Å². The molecule has 3 rings (SSSR count). The molecule has 1 saturated heterocycles. The van der Waals surface area contributed by atoms with E-state index in [1.807, 2.05) is 30.5 Å². The van der Waals surface area contributed by atoms with Crippen LogP contribution in [0.15, 0.2) is 30.5 Å². The van der Waals surface area contributed by atoms with E-state index in [-0.39, 0.29) is 17.6 Å². The quantitative estimate of drug-likeness (QED) is 0.925. The Balaban J connectivity index is 1.57. The predicted octanol–water partition coefficient (Wildman–Crippen LogP) is 3.76. The van der Waals surface area contributed by atoms with Gasteiger partial charge in [0.25, 0.3) is 0 Å². The van der Waals surface area contributed by atoms with Crippen molar-refractivity contribution in [2.24, 2.45) is 0 Å². The standard InChI is InChI=1S/C18H23ClN2O2/c1-18(2)12-13(8-11-23-18)20-17(22)7-10-21-9-6-14-15(19)4-3-5-16(14)21/h3-6,9,13H,7-8,10-12H2,1-2H3,(H,20,22)/t13-/m1/s1. The summed E-state index contributed by atoms with van der Waals surface area (Å²) in [6.45, 7) is 5.50. The van der Waals surface area contributed by atoms with E-state index in [4.69, 9.17) is 16.3 Å². The molecule has 0 aliphatic carbocycles. The Labute approximate surface area is 141 Å². The van der Waals surface area contributed by atoms with Crippen molar-refractivity contribution in [1.29, 1.82) is 0 Å². The van der Waals surface area contributed by atoms with E-state index in [0.717, 1.165) is 28.8 Å². The Kier molecular flexibility index (Phi) is 4.64. The number of nitrogens with one attached hydrogen (secondary N) is 1. The van der Waals surface area contributed by atoms with Gasteiger partial charge in [-0.2, -0.15) is 0 Å². The lowest BCUT2D eigenvalue weighted by Crippen LogP contribution is -2.45. The Hall–Kier alpha value is -1.52. The summed E-state index contributed by atoms with van der Waals surface area (Å²) in [5.74, 6) is 0.0941. The summed E-state index contributed by atoms with van der Waals surface area (Å²) in [6, 6.07) is 8.05. The number of fused-ring (bicyclic) bond motifs is 1. The number of amides is 1. The molecular weight excluding hydrogens is 312 g/mol. The molecule has 0 spiro atoms. The zero-order chi connectivity index (χ0) is 16.4. The van der Waals surface area contributed by atoms with Crippen molar-refractivity contribution in [2.45, 2.75) is 51.3 Å². The molecule has 0 bridgehead atoms. The Morgan fingerprint density at radius 2 is 2.26 bits per heavy atom. The van der Waals surface area contributed by atoms with Gasteiger partial charge in [-0.1, -0.05) is 17.7 Å². The van der Waals surface area contributed by atoms with Crippen molar-refractivity contribution >= 4 is 28.4 Å². The van der Waals surface area contributed by atoms with Gasteiger partial charge in [0.15, 0.2) is 0 Å². The van der Waals surface area contributed by atoms with Crippen LogP contribution in [0.1, 0.15) is 33.1 Å². The van der Waals surface area contributed by atoms with E-state index in [2.05, 4.69) is 23.7 Å². The second-order valence-electron chi connectivity index (χ2n) is 6.80. The molecule has 1 aromatic heterocycles. The highest BCUT2D eigenvalue weighted by molar-refractivity contribution is 6.35. The molecule has 2 heterocycles. The lowest BCUT2D eigenvalue weighted by atomic mass is 9.94. The summed E-state index contributed by atoms with van der Waals surface area (Å²) in [5, 5.41) is 4.91. The van der Waals surface area contributed by atoms with Crippen LogP contribution < -0.4 is 5.32 Å². The fraction of sp³-hybridized carbons (Fsp3) is 0.500. The van der Waals surface area contributed by atoms with Crippen molar-refractivity contribution in [3.63, 3.8) is 0 Å². The minimum atomic E-state index is -0.149. The molecule has 23 heavy (non-hydrogen) atoms. The van der Waals surface area contributed by atoms with Crippen molar-refractivity contribution in [3.8, 4) is 0 Å². The Morgan fingerprint density at radius 1 is 1.43 bits per heavy atom. The minimum Gasteiger partial charge on any atom is -0.375 e. The third kappa shape index (κ3) is 3.88. The average Bonchev–Trinajstić information content (AvgIpc) is 2.89. The summed E-state index contributed by atoms with van der Waals surface area (Å²) in [7, 11) is 0. The number of rotatable bonds is 4. The zero-order valence-corrected chi connectivity index (χ0v) is 14.4. The predicted molar refractivity (Wildman–Crippen MR) is 92.8 cm³/mol. The number of nitrogens with zero attached hydrogens (tertiary/aromatic N) is 1. The fourth-order valence-electron chi connectivity index (χ4n) is 3.26. The number of benzene rings is 1. The van der Waals surface area contributed by atoms with Crippen LogP contribution in [0.3, 0.4) is 0 Å². The maximum absolute atomic E-state index is 12.2. The monoisotopic (exact) mass is 334 g/mol. The molecule has 2 aromatic rings. The molecule has 124 valence electrons. The first-order valence-corrected chi connectivity index (χ1v) is 8.49. The molecule has 5 heteroatoms. The molecule has 1 aliphatic rings. The summed E-state index contributed by atoms with van der Waals surface area (Å²) in [4.78, 5) is 12.2. The molecule has 1 fully saturated rings. The summed E-state index contributed by atoms with van der Waals surface area (Å²) in [6.07, 6.45) is 4.20. The van der Waals surface area contributed by atoms with Crippen molar-refractivity contribution in [2.75, 3.05) is 6.61 Å². The largest absolute Gasteiger partial charge is 0.375 e. The second-order valence-corrected chi connectivity index (χ2v) is 7.20. The first-order chi connectivity index (χ1) is 10.9.